The molecule has 1 fully saturated rings. The van der Waals surface area contributed by atoms with Crippen molar-refractivity contribution in [1.82, 2.24) is 14.9 Å². The zero-order valence-corrected chi connectivity index (χ0v) is 14.3. The molecule has 1 saturated heterocycles. The summed E-state index contributed by atoms with van der Waals surface area (Å²) in [5.41, 5.74) is 2.38. The summed E-state index contributed by atoms with van der Waals surface area (Å²) in [6, 6.07) is 0. The number of hydrogen-bond donors (Lipinski definition) is 2. The van der Waals surface area contributed by atoms with Gasteiger partial charge in [0, 0.05) is 24.9 Å². The second-order valence-corrected chi connectivity index (χ2v) is 6.66. The van der Waals surface area contributed by atoms with Gasteiger partial charge in [-0.25, -0.2) is 9.89 Å². The van der Waals surface area contributed by atoms with Crippen molar-refractivity contribution in [1.29, 1.82) is 0 Å². The zero-order chi connectivity index (χ0) is 18.2. The van der Waals surface area contributed by atoms with Crippen molar-refractivity contribution in [3.05, 3.63) is 28.3 Å². The summed E-state index contributed by atoms with van der Waals surface area (Å²) in [4.78, 5) is 36.4. The van der Waals surface area contributed by atoms with Crippen molar-refractivity contribution in [3.63, 3.8) is 0 Å². The van der Waals surface area contributed by atoms with Gasteiger partial charge >= 0.3 is 5.97 Å². The molecule has 0 aromatic heterocycles. The molecule has 2 N–H and O–H groups in total. The van der Waals surface area contributed by atoms with E-state index in [0.29, 0.717) is 19.4 Å². The number of ether oxygens (including phenoxy) is 2. The van der Waals surface area contributed by atoms with Crippen LogP contribution in [0.1, 0.15) is 37.0 Å². The molecule has 0 spiro atoms. The number of esters is 1. The van der Waals surface area contributed by atoms with Gasteiger partial charge in [-0.05, 0) is 26.7 Å². The van der Waals surface area contributed by atoms with E-state index >= 15 is 0 Å². The van der Waals surface area contributed by atoms with Crippen LogP contribution in [0.3, 0.4) is 0 Å². The van der Waals surface area contributed by atoms with Crippen LogP contribution in [-0.2, 0) is 14.3 Å². The standard InChI is InChI=1S/C16H20N4O5/c1-16(2)6-9(4-5-25-16)13(21)19-20-7-10-12(17-18-14(10)22)11(8-20)15(23)24-3/h7-9H,4-6H2,1-3H3,(H,18,22)(H,19,21)/t9-/m1/s1. The van der Waals surface area contributed by atoms with E-state index in [1.54, 1.807) is 0 Å². The maximum Gasteiger partial charge on any atom is 0.341 e. The van der Waals surface area contributed by atoms with Crippen LogP contribution in [0.2, 0.25) is 0 Å². The van der Waals surface area contributed by atoms with Crippen molar-refractivity contribution < 1.29 is 19.1 Å². The van der Waals surface area contributed by atoms with E-state index in [4.69, 9.17) is 9.47 Å². The highest BCUT2D eigenvalue weighted by Gasteiger charge is 2.33. The van der Waals surface area contributed by atoms with Crippen LogP contribution in [0.4, 0.5) is 0 Å². The number of amides is 1. The molecule has 9 nitrogen and oxygen atoms in total. The third-order valence-electron chi connectivity index (χ3n) is 4.27. The normalized spacial score (nSPS) is 19.6. The molecule has 3 rings (SSSR count). The summed E-state index contributed by atoms with van der Waals surface area (Å²) in [6.45, 7) is 4.39. The predicted molar refractivity (Wildman–Crippen MR) is 87.9 cm³/mol. The largest absolute Gasteiger partial charge is 0.465 e. The number of nitrogens with one attached hydrogen (secondary N) is 2. The van der Waals surface area contributed by atoms with Gasteiger partial charge in [-0.3, -0.25) is 19.7 Å². The Morgan fingerprint density at radius 2 is 2.20 bits per heavy atom. The van der Waals surface area contributed by atoms with Crippen LogP contribution < -0.4 is 11.0 Å². The highest BCUT2D eigenvalue weighted by atomic mass is 16.5. The molecule has 0 saturated carbocycles. The van der Waals surface area contributed by atoms with Crippen LogP contribution in [0.15, 0.2) is 17.2 Å². The van der Waals surface area contributed by atoms with Gasteiger partial charge in [0.2, 0.25) is 5.91 Å². The Hall–Kier alpha value is -2.68. The summed E-state index contributed by atoms with van der Waals surface area (Å²) in [5, 5.41) is 6.13. The van der Waals surface area contributed by atoms with Crippen molar-refractivity contribution in [2.75, 3.05) is 19.1 Å². The van der Waals surface area contributed by atoms with Crippen LogP contribution in [0.25, 0.3) is 11.3 Å². The first kappa shape index (κ1) is 17.2. The second-order valence-electron chi connectivity index (χ2n) is 6.66. The quantitative estimate of drug-likeness (QED) is 0.791. The zero-order valence-electron chi connectivity index (χ0n) is 14.3. The number of rotatable bonds is 3. The minimum atomic E-state index is -0.646. The maximum atomic E-state index is 12.6. The van der Waals surface area contributed by atoms with E-state index in [-0.39, 0.29) is 34.2 Å². The average molecular weight is 348 g/mol. The van der Waals surface area contributed by atoms with Gasteiger partial charge in [-0.2, -0.15) is 5.10 Å². The molecule has 1 amide bonds. The fourth-order valence-corrected chi connectivity index (χ4v) is 3.03. The first-order valence-corrected chi connectivity index (χ1v) is 7.94. The van der Waals surface area contributed by atoms with E-state index in [9.17, 15) is 14.4 Å². The maximum absolute atomic E-state index is 12.6. The van der Waals surface area contributed by atoms with E-state index in [1.165, 1.54) is 24.2 Å². The lowest BCUT2D eigenvalue weighted by Crippen LogP contribution is -2.40. The fraction of sp³-hybridized carbons (Fsp3) is 0.500. The lowest BCUT2D eigenvalue weighted by molar-refractivity contribution is -0.131. The topological polar surface area (TPSA) is 115 Å². The highest BCUT2D eigenvalue weighted by Crippen LogP contribution is 2.29. The van der Waals surface area contributed by atoms with Crippen LogP contribution in [-0.4, -0.2) is 46.1 Å². The molecular formula is C16H20N4O5. The second kappa shape index (κ2) is 6.32. The number of aromatic nitrogens is 3. The molecule has 0 aromatic carbocycles. The van der Waals surface area contributed by atoms with Crippen molar-refractivity contribution in [3.8, 4) is 11.3 Å². The van der Waals surface area contributed by atoms with E-state index in [0.717, 1.165) is 0 Å². The van der Waals surface area contributed by atoms with E-state index in [2.05, 4.69) is 15.6 Å². The molecule has 3 aliphatic rings. The molecule has 0 bridgehead atoms. The Bertz CT molecular complexity index is 837. The van der Waals surface area contributed by atoms with Gasteiger partial charge in [0.25, 0.3) is 5.56 Å². The first-order chi connectivity index (χ1) is 11.8. The van der Waals surface area contributed by atoms with Crippen LogP contribution >= 0.6 is 0 Å². The first-order valence-electron chi connectivity index (χ1n) is 7.94. The minimum Gasteiger partial charge on any atom is -0.465 e. The molecule has 25 heavy (non-hydrogen) atoms. The number of H-pyrrole nitrogens is 1. The Labute approximate surface area is 143 Å². The summed E-state index contributed by atoms with van der Waals surface area (Å²) >= 11 is 0. The summed E-state index contributed by atoms with van der Waals surface area (Å²) < 4.78 is 11.6. The van der Waals surface area contributed by atoms with Gasteiger partial charge in [-0.1, -0.05) is 0 Å². The van der Waals surface area contributed by atoms with Crippen LogP contribution in [0, 0.1) is 5.92 Å². The van der Waals surface area contributed by atoms with Crippen molar-refractivity contribution in [2.45, 2.75) is 32.3 Å². The molecule has 3 heterocycles. The Kier molecular flexibility index (Phi) is 4.34. The lowest BCUT2D eigenvalue weighted by Gasteiger charge is -2.34. The van der Waals surface area contributed by atoms with E-state index < -0.39 is 11.5 Å². The number of methoxy groups -OCH3 is 1. The molecule has 0 aliphatic carbocycles. The lowest BCUT2D eigenvalue weighted by atomic mass is 9.88. The number of aromatic amines is 1. The number of nitrogens with zero attached hydrogens (tertiary/aromatic N) is 2. The molecule has 3 aliphatic heterocycles. The van der Waals surface area contributed by atoms with Crippen molar-refractivity contribution >= 4 is 11.9 Å². The van der Waals surface area contributed by atoms with Crippen molar-refractivity contribution in [2.24, 2.45) is 5.92 Å². The Morgan fingerprint density at radius 1 is 1.44 bits per heavy atom. The molecule has 0 aromatic rings. The smallest absolute Gasteiger partial charge is 0.341 e. The third kappa shape index (κ3) is 3.41. The van der Waals surface area contributed by atoms with Gasteiger partial charge in [0.1, 0.15) is 11.3 Å². The Balaban J connectivity index is 1.89. The monoisotopic (exact) mass is 348 g/mol. The fourth-order valence-electron chi connectivity index (χ4n) is 3.03. The number of carbonyl (C=O) groups is 2. The number of pyridine rings is 1. The summed E-state index contributed by atoms with van der Waals surface area (Å²) in [5.74, 6) is -1.07. The van der Waals surface area contributed by atoms with E-state index in [1.807, 2.05) is 13.8 Å². The molecule has 0 unspecified atom stereocenters. The molecular weight excluding hydrogens is 328 g/mol. The van der Waals surface area contributed by atoms with Gasteiger partial charge < -0.3 is 9.47 Å². The minimum absolute atomic E-state index is 0.0888. The molecule has 0 radical (unpaired) electrons. The predicted octanol–water partition coefficient (Wildman–Crippen LogP) is 0.738. The number of hydrogen-bond acceptors (Lipinski definition) is 6. The van der Waals surface area contributed by atoms with Gasteiger partial charge in [0.15, 0.2) is 0 Å². The Morgan fingerprint density at radius 3 is 2.88 bits per heavy atom. The SMILES string of the molecule is COC(=O)c1cn(NC(=O)[C@@H]2CCOC(C)(C)C2)cc2c(=O)[nH]nc1-2. The summed E-state index contributed by atoms with van der Waals surface area (Å²) in [6.07, 6.45) is 4.01. The van der Waals surface area contributed by atoms with Crippen LogP contribution in [0.5, 0.6) is 0 Å². The third-order valence-corrected chi connectivity index (χ3v) is 4.27. The summed E-state index contributed by atoms with van der Waals surface area (Å²) in [7, 11) is 1.24. The van der Waals surface area contributed by atoms with Gasteiger partial charge in [-0.15, -0.1) is 0 Å². The molecule has 9 heteroatoms. The van der Waals surface area contributed by atoms with Gasteiger partial charge in [0.05, 0.1) is 18.3 Å². The molecule has 1 atom stereocenters. The number of fused-ring (bicyclic) bond motifs is 1. The molecule has 134 valence electrons. The average Bonchev–Trinajstić information content (AvgIpc) is 2.94. The highest BCUT2D eigenvalue weighted by molar-refractivity contribution is 5.96. The number of carbonyl (C=O) groups excluding carboxylic acids is 2.